The number of amides is 1. The van der Waals surface area contributed by atoms with Crippen LogP contribution in [0.25, 0.3) is 6.08 Å². The molecular formula is C24H25N5O. The molecule has 1 amide bonds. The van der Waals surface area contributed by atoms with E-state index in [1.165, 1.54) is 5.56 Å². The second-order valence-electron chi connectivity index (χ2n) is 7.20. The van der Waals surface area contributed by atoms with E-state index in [0.29, 0.717) is 11.4 Å². The molecule has 0 unspecified atom stereocenters. The van der Waals surface area contributed by atoms with Gasteiger partial charge in [-0.25, -0.2) is 0 Å². The minimum atomic E-state index is -0.185. The largest absolute Gasteiger partial charge is 0.353 e. The first-order chi connectivity index (χ1) is 14.8. The van der Waals surface area contributed by atoms with Gasteiger partial charge in [-0.2, -0.15) is 0 Å². The number of nitrogens with one attached hydrogen (secondary N) is 1. The number of aromatic nitrogens is 2. The predicted molar refractivity (Wildman–Crippen MR) is 121 cm³/mol. The average molecular weight is 399 g/mol. The van der Waals surface area contributed by atoms with Crippen LogP contribution in [0.5, 0.6) is 0 Å². The molecule has 30 heavy (non-hydrogen) atoms. The van der Waals surface area contributed by atoms with Crippen LogP contribution in [0.4, 0.5) is 11.6 Å². The molecular weight excluding hydrogens is 374 g/mol. The molecule has 1 aliphatic heterocycles. The Kier molecular flexibility index (Phi) is 6.47. The van der Waals surface area contributed by atoms with E-state index in [4.69, 9.17) is 0 Å². The molecule has 1 saturated heterocycles. The SMILES string of the molecule is O=C(Nc1ccc(N2CCN(C/C=C/c3ccccc3)CC2)nn1)c1ccccc1. The molecule has 6 heteroatoms. The van der Waals surface area contributed by atoms with Crippen molar-refractivity contribution in [2.24, 2.45) is 0 Å². The van der Waals surface area contributed by atoms with Crippen LogP contribution in [0.3, 0.4) is 0 Å². The molecule has 1 N–H and O–H groups in total. The fourth-order valence-electron chi connectivity index (χ4n) is 3.40. The standard InChI is InChI=1S/C24H25N5O/c30-24(21-11-5-2-6-12-21)25-22-13-14-23(27-26-22)29-18-16-28(17-19-29)15-7-10-20-8-3-1-4-9-20/h1-14H,15-19H2,(H,25,26,30)/b10-7+. The lowest BCUT2D eigenvalue weighted by Crippen LogP contribution is -2.46. The zero-order valence-electron chi connectivity index (χ0n) is 16.8. The fourth-order valence-corrected chi connectivity index (χ4v) is 3.40. The van der Waals surface area contributed by atoms with Crippen LogP contribution in [0, 0.1) is 0 Å². The van der Waals surface area contributed by atoms with Gasteiger partial charge in [0.15, 0.2) is 11.6 Å². The van der Waals surface area contributed by atoms with Gasteiger partial charge in [-0.15, -0.1) is 10.2 Å². The maximum atomic E-state index is 12.2. The van der Waals surface area contributed by atoms with Crippen molar-refractivity contribution in [3.8, 4) is 0 Å². The van der Waals surface area contributed by atoms with E-state index in [2.05, 4.69) is 61.7 Å². The third-order valence-corrected chi connectivity index (χ3v) is 5.10. The highest BCUT2D eigenvalue weighted by molar-refractivity contribution is 6.03. The lowest BCUT2D eigenvalue weighted by atomic mass is 10.2. The summed E-state index contributed by atoms with van der Waals surface area (Å²) in [5.74, 6) is 1.11. The van der Waals surface area contributed by atoms with Crippen molar-refractivity contribution in [3.63, 3.8) is 0 Å². The number of hydrogen-bond donors (Lipinski definition) is 1. The van der Waals surface area contributed by atoms with Crippen molar-refractivity contribution in [1.29, 1.82) is 0 Å². The van der Waals surface area contributed by atoms with Crippen LogP contribution in [0.1, 0.15) is 15.9 Å². The number of piperazine rings is 1. The quantitative estimate of drug-likeness (QED) is 0.687. The Morgan fingerprint density at radius 3 is 2.23 bits per heavy atom. The number of carbonyl (C=O) groups is 1. The maximum absolute atomic E-state index is 12.2. The zero-order valence-corrected chi connectivity index (χ0v) is 16.8. The zero-order chi connectivity index (χ0) is 20.6. The van der Waals surface area contributed by atoms with Crippen LogP contribution >= 0.6 is 0 Å². The van der Waals surface area contributed by atoms with Crippen molar-refractivity contribution in [1.82, 2.24) is 15.1 Å². The summed E-state index contributed by atoms with van der Waals surface area (Å²) in [5, 5.41) is 11.3. The minimum absolute atomic E-state index is 0.185. The molecule has 0 bridgehead atoms. The Hall–Kier alpha value is -3.51. The van der Waals surface area contributed by atoms with E-state index in [-0.39, 0.29) is 5.91 Å². The van der Waals surface area contributed by atoms with Crippen molar-refractivity contribution >= 4 is 23.6 Å². The highest BCUT2D eigenvalue weighted by Gasteiger charge is 2.17. The summed E-state index contributed by atoms with van der Waals surface area (Å²) in [5.41, 5.74) is 1.83. The molecule has 2 aromatic carbocycles. The summed E-state index contributed by atoms with van der Waals surface area (Å²) in [6.07, 6.45) is 4.38. The van der Waals surface area contributed by atoms with Crippen molar-refractivity contribution < 1.29 is 4.79 Å². The summed E-state index contributed by atoms with van der Waals surface area (Å²) in [6.45, 7) is 4.71. The van der Waals surface area contributed by atoms with E-state index in [9.17, 15) is 4.79 Å². The van der Waals surface area contributed by atoms with Gasteiger partial charge in [-0.1, -0.05) is 60.7 Å². The first-order valence-corrected chi connectivity index (χ1v) is 10.2. The summed E-state index contributed by atoms with van der Waals surface area (Å²) >= 11 is 0. The third kappa shape index (κ3) is 5.30. The molecule has 1 fully saturated rings. The Morgan fingerprint density at radius 1 is 0.867 bits per heavy atom. The first kappa shape index (κ1) is 19.8. The van der Waals surface area contributed by atoms with Gasteiger partial charge in [0.2, 0.25) is 0 Å². The highest BCUT2D eigenvalue weighted by atomic mass is 16.1. The molecule has 152 valence electrons. The average Bonchev–Trinajstić information content (AvgIpc) is 2.81. The molecule has 0 atom stereocenters. The molecule has 1 aliphatic rings. The molecule has 4 rings (SSSR count). The summed E-state index contributed by atoms with van der Waals surface area (Å²) in [6, 6.07) is 23.2. The van der Waals surface area contributed by atoms with Crippen LogP contribution in [-0.2, 0) is 0 Å². The Labute approximate surface area is 176 Å². The molecule has 0 saturated carbocycles. The monoisotopic (exact) mass is 399 g/mol. The topological polar surface area (TPSA) is 61.4 Å². The summed E-state index contributed by atoms with van der Waals surface area (Å²) < 4.78 is 0. The number of rotatable bonds is 6. The predicted octanol–water partition coefficient (Wildman–Crippen LogP) is 3.56. The molecule has 0 radical (unpaired) electrons. The van der Waals surface area contributed by atoms with Crippen LogP contribution < -0.4 is 10.2 Å². The second kappa shape index (κ2) is 9.80. The van der Waals surface area contributed by atoms with E-state index in [1.807, 2.05) is 30.3 Å². The Morgan fingerprint density at radius 2 is 1.57 bits per heavy atom. The lowest BCUT2D eigenvalue weighted by molar-refractivity contribution is 0.102. The van der Waals surface area contributed by atoms with Gasteiger partial charge in [0.05, 0.1) is 0 Å². The number of nitrogens with zero attached hydrogens (tertiary/aromatic N) is 4. The second-order valence-corrected chi connectivity index (χ2v) is 7.20. The third-order valence-electron chi connectivity index (χ3n) is 5.10. The normalized spacial score (nSPS) is 14.7. The van der Waals surface area contributed by atoms with Gasteiger partial charge in [-0.3, -0.25) is 9.69 Å². The van der Waals surface area contributed by atoms with Crippen LogP contribution in [0.15, 0.2) is 78.9 Å². The van der Waals surface area contributed by atoms with Gasteiger partial charge < -0.3 is 10.2 Å². The molecule has 0 aliphatic carbocycles. The summed E-state index contributed by atoms with van der Waals surface area (Å²) in [4.78, 5) is 16.9. The lowest BCUT2D eigenvalue weighted by Gasteiger charge is -2.34. The Balaban J connectivity index is 1.25. The molecule has 1 aromatic heterocycles. The number of benzene rings is 2. The van der Waals surface area contributed by atoms with E-state index < -0.39 is 0 Å². The van der Waals surface area contributed by atoms with Gasteiger partial charge in [0.25, 0.3) is 5.91 Å². The molecule has 3 aromatic rings. The van der Waals surface area contributed by atoms with E-state index >= 15 is 0 Å². The van der Waals surface area contributed by atoms with Crippen LogP contribution in [-0.4, -0.2) is 53.7 Å². The van der Waals surface area contributed by atoms with Gasteiger partial charge in [-0.05, 0) is 29.8 Å². The first-order valence-electron chi connectivity index (χ1n) is 10.2. The van der Waals surface area contributed by atoms with Crippen molar-refractivity contribution in [2.75, 3.05) is 42.9 Å². The molecule has 0 spiro atoms. The molecule has 6 nitrogen and oxygen atoms in total. The van der Waals surface area contributed by atoms with E-state index in [0.717, 1.165) is 38.5 Å². The summed E-state index contributed by atoms with van der Waals surface area (Å²) in [7, 11) is 0. The highest BCUT2D eigenvalue weighted by Crippen LogP contribution is 2.15. The van der Waals surface area contributed by atoms with Crippen molar-refractivity contribution in [2.45, 2.75) is 0 Å². The van der Waals surface area contributed by atoms with Crippen LogP contribution in [0.2, 0.25) is 0 Å². The van der Waals surface area contributed by atoms with E-state index in [1.54, 1.807) is 18.2 Å². The number of anilines is 2. The van der Waals surface area contributed by atoms with Crippen molar-refractivity contribution in [3.05, 3.63) is 90.0 Å². The minimum Gasteiger partial charge on any atom is -0.353 e. The number of hydrogen-bond acceptors (Lipinski definition) is 5. The fraction of sp³-hybridized carbons (Fsp3) is 0.208. The van der Waals surface area contributed by atoms with Gasteiger partial charge >= 0.3 is 0 Å². The van der Waals surface area contributed by atoms with Gasteiger partial charge in [0, 0.05) is 38.3 Å². The molecule has 2 heterocycles. The Bertz CT molecular complexity index is 965. The maximum Gasteiger partial charge on any atom is 0.256 e. The smallest absolute Gasteiger partial charge is 0.256 e. The van der Waals surface area contributed by atoms with Gasteiger partial charge in [0.1, 0.15) is 0 Å². The number of carbonyl (C=O) groups excluding carboxylic acids is 1.